The van der Waals surface area contributed by atoms with Crippen molar-refractivity contribution in [3.8, 4) is 0 Å². The van der Waals surface area contributed by atoms with Crippen molar-refractivity contribution < 1.29 is 4.39 Å². The highest BCUT2D eigenvalue weighted by atomic mass is 35.5. The Morgan fingerprint density at radius 3 is 2.77 bits per heavy atom. The Hall–Kier alpha value is -0.510. The minimum Gasteiger partial charge on any atom is -0.389 e. The zero-order chi connectivity index (χ0) is 8.72. The molecule has 1 aromatic heterocycles. The van der Waals surface area contributed by atoms with E-state index in [1.54, 1.807) is 6.07 Å². The van der Waals surface area contributed by atoms with E-state index in [1.165, 1.54) is 23.5 Å². The highest BCUT2D eigenvalue weighted by Gasteiger charge is 2.07. The summed E-state index contributed by atoms with van der Waals surface area (Å²) in [6.07, 6.45) is 0. The molecule has 1 aromatic carbocycles. The SMILES string of the molecule is Cl.Nc1sc2cc(F)ccc2c1Cl. The van der Waals surface area contributed by atoms with Crippen molar-refractivity contribution in [3.05, 3.63) is 29.0 Å². The molecule has 0 amide bonds. The first-order chi connectivity index (χ1) is 5.68. The van der Waals surface area contributed by atoms with Gasteiger partial charge in [0.1, 0.15) is 10.8 Å². The van der Waals surface area contributed by atoms with Crippen LogP contribution in [-0.2, 0) is 0 Å². The number of anilines is 1. The van der Waals surface area contributed by atoms with Gasteiger partial charge in [-0.3, -0.25) is 0 Å². The standard InChI is InChI=1S/C8H5ClFNS.ClH/c9-7-5-2-1-4(10)3-6(5)12-8(7)11;/h1-3H,11H2;1H. The quantitative estimate of drug-likeness (QED) is 0.744. The molecule has 0 aliphatic heterocycles. The molecule has 0 radical (unpaired) electrons. The Balaban J connectivity index is 0.000000845. The van der Waals surface area contributed by atoms with Crippen LogP contribution in [0.25, 0.3) is 10.1 Å². The molecule has 0 saturated carbocycles. The van der Waals surface area contributed by atoms with Gasteiger partial charge in [0.25, 0.3) is 0 Å². The van der Waals surface area contributed by atoms with Crippen LogP contribution in [0.2, 0.25) is 5.02 Å². The number of fused-ring (bicyclic) bond motifs is 1. The molecule has 0 spiro atoms. The highest BCUT2D eigenvalue weighted by Crippen LogP contribution is 2.37. The molecule has 0 bridgehead atoms. The van der Waals surface area contributed by atoms with E-state index in [2.05, 4.69) is 0 Å². The first-order valence-corrected chi connectivity index (χ1v) is 4.51. The molecule has 0 saturated heterocycles. The zero-order valence-corrected chi connectivity index (χ0v) is 8.77. The lowest BCUT2D eigenvalue weighted by Crippen LogP contribution is -1.76. The molecule has 70 valence electrons. The number of nitrogens with two attached hydrogens (primary N) is 1. The third kappa shape index (κ3) is 1.73. The fraction of sp³-hybridized carbons (Fsp3) is 0. The predicted octanol–water partition coefficient (Wildman–Crippen LogP) is 3.70. The number of rotatable bonds is 0. The molecule has 0 atom stereocenters. The normalized spacial score (nSPS) is 10.0. The van der Waals surface area contributed by atoms with Crippen molar-refractivity contribution in [1.29, 1.82) is 0 Å². The maximum absolute atomic E-state index is 12.7. The molecule has 5 heteroatoms. The molecule has 0 unspecified atom stereocenters. The van der Waals surface area contributed by atoms with Crippen molar-refractivity contribution >= 4 is 50.4 Å². The minimum absolute atomic E-state index is 0. The second-order valence-electron chi connectivity index (χ2n) is 2.42. The smallest absolute Gasteiger partial charge is 0.124 e. The van der Waals surface area contributed by atoms with E-state index >= 15 is 0 Å². The molecule has 0 fully saturated rings. The molecule has 0 aliphatic rings. The summed E-state index contributed by atoms with van der Waals surface area (Å²) >= 11 is 7.16. The van der Waals surface area contributed by atoms with Gasteiger partial charge in [-0.15, -0.1) is 23.7 Å². The third-order valence-corrected chi connectivity index (χ3v) is 3.12. The molecule has 2 N–H and O–H groups in total. The van der Waals surface area contributed by atoms with Crippen LogP contribution >= 0.6 is 35.3 Å². The summed E-state index contributed by atoms with van der Waals surface area (Å²) in [6.45, 7) is 0. The minimum atomic E-state index is -0.264. The Kier molecular flexibility index (Phi) is 3.01. The molecule has 1 nitrogen and oxygen atoms in total. The van der Waals surface area contributed by atoms with Gasteiger partial charge in [0.15, 0.2) is 0 Å². The van der Waals surface area contributed by atoms with Crippen LogP contribution in [0.3, 0.4) is 0 Å². The van der Waals surface area contributed by atoms with Crippen molar-refractivity contribution in [2.45, 2.75) is 0 Å². The second-order valence-corrected chi connectivity index (χ2v) is 3.88. The number of benzene rings is 1. The topological polar surface area (TPSA) is 26.0 Å². The number of thiophene rings is 1. The van der Waals surface area contributed by atoms with E-state index < -0.39 is 0 Å². The van der Waals surface area contributed by atoms with E-state index in [9.17, 15) is 4.39 Å². The average molecular weight is 238 g/mol. The summed E-state index contributed by atoms with van der Waals surface area (Å²) in [7, 11) is 0. The van der Waals surface area contributed by atoms with Crippen LogP contribution in [0, 0.1) is 5.82 Å². The van der Waals surface area contributed by atoms with Crippen LogP contribution in [0.1, 0.15) is 0 Å². The Morgan fingerprint density at radius 1 is 1.38 bits per heavy atom. The summed E-state index contributed by atoms with van der Waals surface area (Å²) in [4.78, 5) is 0. The Morgan fingerprint density at radius 2 is 2.08 bits per heavy atom. The van der Waals surface area contributed by atoms with Gasteiger partial charge >= 0.3 is 0 Å². The van der Waals surface area contributed by atoms with Gasteiger partial charge in [0.2, 0.25) is 0 Å². The predicted molar refractivity (Wildman–Crippen MR) is 58.5 cm³/mol. The Labute approximate surface area is 89.7 Å². The van der Waals surface area contributed by atoms with E-state index in [4.69, 9.17) is 17.3 Å². The summed E-state index contributed by atoms with van der Waals surface area (Å²) < 4.78 is 13.5. The fourth-order valence-electron chi connectivity index (χ4n) is 1.06. The lowest BCUT2D eigenvalue weighted by atomic mass is 10.2. The van der Waals surface area contributed by atoms with Gasteiger partial charge in [-0.25, -0.2) is 4.39 Å². The van der Waals surface area contributed by atoms with Crippen molar-refractivity contribution in [1.82, 2.24) is 0 Å². The highest BCUT2D eigenvalue weighted by molar-refractivity contribution is 7.23. The van der Waals surface area contributed by atoms with Crippen LogP contribution in [0.5, 0.6) is 0 Å². The van der Waals surface area contributed by atoms with E-state index in [-0.39, 0.29) is 18.2 Å². The maximum Gasteiger partial charge on any atom is 0.124 e. The molecule has 1 heterocycles. The lowest BCUT2D eigenvalue weighted by Gasteiger charge is -1.89. The number of hydrogen-bond acceptors (Lipinski definition) is 2. The number of hydrogen-bond donors (Lipinski definition) is 1. The van der Waals surface area contributed by atoms with Gasteiger partial charge in [-0.2, -0.15) is 0 Å². The van der Waals surface area contributed by atoms with Crippen LogP contribution in [-0.4, -0.2) is 0 Å². The fourth-order valence-corrected chi connectivity index (χ4v) is 2.28. The maximum atomic E-state index is 12.7. The summed E-state index contributed by atoms with van der Waals surface area (Å²) in [5, 5.41) is 1.88. The molecular weight excluding hydrogens is 232 g/mol. The number of halogens is 3. The van der Waals surface area contributed by atoms with Gasteiger partial charge in [-0.1, -0.05) is 11.6 Å². The summed E-state index contributed by atoms with van der Waals surface area (Å²) in [5.41, 5.74) is 5.57. The largest absolute Gasteiger partial charge is 0.389 e. The molecule has 0 aliphatic carbocycles. The van der Waals surface area contributed by atoms with Crippen molar-refractivity contribution in [3.63, 3.8) is 0 Å². The molecule has 2 rings (SSSR count). The van der Waals surface area contributed by atoms with Gasteiger partial charge in [-0.05, 0) is 18.2 Å². The van der Waals surface area contributed by atoms with Gasteiger partial charge < -0.3 is 5.73 Å². The molecule has 2 aromatic rings. The van der Waals surface area contributed by atoms with Crippen LogP contribution < -0.4 is 5.73 Å². The second kappa shape index (κ2) is 3.70. The van der Waals surface area contributed by atoms with Crippen molar-refractivity contribution in [2.24, 2.45) is 0 Å². The lowest BCUT2D eigenvalue weighted by molar-refractivity contribution is 0.630. The summed E-state index contributed by atoms with van der Waals surface area (Å²) in [5.74, 6) is -0.264. The number of nitrogen functional groups attached to an aromatic ring is 1. The monoisotopic (exact) mass is 237 g/mol. The first-order valence-electron chi connectivity index (χ1n) is 3.31. The van der Waals surface area contributed by atoms with E-state index in [1.807, 2.05) is 0 Å². The van der Waals surface area contributed by atoms with Crippen molar-refractivity contribution in [2.75, 3.05) is 5.73 Å². The van der Waals surface area contributed by atoms with E-state index in [0.717, 1.165) is 10.1 Å². The van der Waals surface area contributed by atoms with Gasteiger partial charge in [0, 0.05) is 10.1 Å². The van der Waals surface area contributed by atoms with Crippen LogP contribution in [0.4, 0.5) is 9.39 Å². The molecular formula is C8H6Cl2FNS. The summed E-state index contributed by atoms with van der Waals surface area (Å²) in [6, 6.07) is 4.45. The zero-order valence-electron chi connectivity index (χ0n) is 6.38. The van der Waals surface area contributed by atoms with Crippen LogP contribution in [0.15, 0.2) is 18.2 Å². The Bertz CT molecular complexity index is 441. The molecule has 13 heavy (non-hydrogen) atoms. The third-order valence-electron chi connectivity index (χ3n) is 1.62. The average Bonchev–Trinajstić information content (AvgIpc) is 2.28. The first kappa shape index (κ1) is 10.6. The van der Waals surface area contributed by atoms with Gasteiger partial charge in [0.05, 0.1) is 5.02 Å². The van der Waals surface area contributed by atoms with E-state index in [0.29, 0.717) is 10.0 Å².